The lowest BCUT2D eigenvalue weighted by Crippen LogP contribution is -2.41. The van der Waals surface area contributed by atoms with Crippen LogP contribution < -0.4 is 0 Å². The highest BCUT2D eigenvalue weighted by Crippen LogP contribution is 2.27. The molecule has 0 aliphatic carbocycles. The van der Waals surface area contributed by atoms with Crippen molar-refractivity contribution >= 4 is 29.4 Å². The van der Waals surface area contributed by atoms with Gasteiger partial charge < -0.3 is 4.90 Å². The number of aromatic nitrogens is 3. The van der Waals surface area contributed by atoms with E-state index in [9.17, 15) is 4.79 Å². The summed E-state index contributed by atoms with van der Waals surface area (Å²) in [5, 5.41) is 4.80. The Kier molecular flexibility index (Phi) is 4.13. The minimum absolute atomic E-state index is 0.0897. The number of aliphatic imine (C=N–C) groups is 1. The average Bonchev–Trinajstić information content (AvgIpc) is 3.05. The third-order valence-corrected chi connectivity index (χ3v) is 4.73. The normalized spacial score (nSPS) is 20.6. The van der Waals surface area contributed by atoms with Crippen molar-refractivity contribution in [2.24, 2.45) is 4.99 Å². The van der Waals surface area contributed by atoms with Gasteiger partial charge in [0.05, 0.1) is 16.9 Å². The minimum Gasteiger partial charge on any atom is -0.330 e. The van der Waals surface area contributed by atoms with Crippen LogP contribution >= 0.6 is 11.6 Å². The molecule has 4 rings (SSSR count). The van der Waals surface area contributed by atoms with Crippen LogP contribution in [0.2, 0.25) is 5.02 Å². The maximum atomic E-state index is 12.9. The molecule has 0 bridgehead atoms. The quantitative estimate of drug-likeness (QED) is 0.830. The summed E-state index contributed by atoms with van der Waals surface area (Å²) in [5.41, 5.74) is 3.26. The van der Waals surface area contributed by atoms with E-state index in [1.54, 1.807) is 18.5 Å². The predicted molar refractivity (Wildman–Crippen MR) is 97.0 cm³/mol. The van der Waals surface area contributed by atoms with Gasteiger partial charge in [-0.2, -0.15) is 5.10 Å². The summed E-state index contributed by atoms with van der Waals surface area (Å²) in [7, 11) is 0. The first-order chi connectivity index (χ1) is 12.1. The number of hydrogen-bond acceptors (Lipinski definition) is 4. The topological polar surface area (TPSA) is 62.9 Å². The van der Waals surface area contributed by atoms with E-state index < -0.39 is 0 Å². The van der Waals surface area contributed by atoms with Crippen LogP contribution in [0.4, 0.5) is 0 Å². The molecule has 1 amide bonds. The van der Waals surface area contributed by atoms with Gasteiger partial charge in [-0.05, 0) is 31.8 Å². The van der Waals surface area contributed by atoms with Crippen molar-refractivity contribution in [3.63, 3.8) is 0 Å². The van der Waals surface area contributed by atoms with Crippen LogP contribution in [0.1, 0.15) is 36.7 Å². The van der Waals surface area contributed by atoms with E-state index in [1.165, 1.54) is 10.1 Å². The molecule has 128 valence electrons. The van der Waals surface area contributed by atoms with Crippen LogP contribution in [0, 0.1) is 0 Å². The highest BCUT2D eigenvalue weighted by Gasteiger charge is 2.28. The Morgan fingerprint density at radius 1 is 1.32 bits per heavy atom. The number of rotatable bonds is 2. The molecule has 25 heavy (non-hydrogen) atoms. The molecule has 2 aromatic rings. The largest absolute Gasteiger partial charge is 0.330 e. The first-order valence-electron chi connectivity index (χ1n) is 8.36. The molecule has 0 N–H and O–H groups in total. The second-order valence-corrected chi connectivity index (χ2v) is 6.76. The van der Waals surface area contributed by atoms with Gasteiger partial charge in [0.2, 0.25) is 0 Å². The average molecular weight is 356 g/mol. The van der Waals surface area contributed by atoms with Gasteiger partial charge in [-0.1, -0.05) is 23.8 Å². The molecule has 1 unspecified atom stereocenters. The molecule has 0 fully saturated rings. The molecule has 0 saturated heterocycles. The van der Waals surface area contributed by atoms with Crippen LogP contribution in [0.5, 0.6) is 0 Å². The number of carbonyl (C=O) groups is 1. The standard InChI is InChI=1S/C18H18ClN5O/c1-12-8-13(15-4-2-3-6-20-15)5-7-23(12)18(25)16-9-17-21-10-14(19)11-24(17)22-16/h4-6,9-12H,2-3,7-8H2,1H3. The van der Waals surface area contributed by atoms with E-state index in [-0.39, 0.29) is 11.9 Å². The van der Waals surface area contributed by atoms with E-state index in [1.807, 2.05) is 11.1 Å². The number of halogens is 1. The number of fused-ring (bicyclic) bond motifs is 1. The van der Waals surface area contributed by atoms with Crippen molar-refractivity contribution in [2.45, 2.75) is 32.2 Å². The van der Waals surface area contributed by atoms with Crippen molar-refractivity contribution in [3.05, 3.63) is 52.6 Å². The summed E-state index contributed by atoms with van der Waals surface area (Å²) in [4.78, 5) is 23.4. The summed E-state index contributed by atoms with van der Waals surface area (Å²) in [6.45, 7) is 2.62. The van der Waals surface area contributed by atoms with Gasteiger partial charge in [0.1, 0.15) is 0 Å². The molecular weight excluding hydrogens is 338 g/mol. The lowest BCUT2D eigenvalue weighted by molar-refractivity contribution is 0.0699. The van der Waals surface area contributed by atoms with Gasteiger partial charge >= 0.3 is 0 Å². The lowest BCUT2D eigenvalue weighted by Gasteiger charge is -2.33. The summed E-state index contributed by atoms with van der Waals surface area (Å²) >= 11 is 5.93. The minimum atomic E-state index is -0.0921. The van der Waals surface area contributed by atoms with Crippen molar-refractivity contribution in [2.75, 3.05) is 6.54 Å². The molecule has 6 nitrogen and oxygen atoms in total. The Hall–Kier alpha value is -2.47. The number of carbonyl (C=O) groups excluding carboxylic acids is 1. The number of hydrogen-bond donors (Lipinski definition) is 0. The Balaban J connectivity index is 1.56. The smallest absolute Gasteiger partial charge is 0.274 e. The summed E-state index contributed by atoms with van der Waals surface area (Å²) < 4.78 is 1.53. The van der Waals surface area contributed by atoms with Crippen LogP contribution in [0.25, 0.3) is 5.65 Å². The van der Waals surface area contributed by atoms with Gasteiger partial charge in [0, 0.05) is 31.1 Å². The third-order valence-electron chi connectivity index (χ3n) is 4.54. The highest BCUT2D eigenvalue weighted by atomic mass is 35.5. The molecule has 2 aliphatic heterocycles. The number of amides is 1. The molecular formula is C18H18ClN5O. The summed E-state index contributed by atoms with van der Waals surface area (Å²) in [5.74, 6) is -0.0921. The van der Waals surface area contributed by atoms with Gasteiger partial charge in [-0.3, -0.25) is 9.79 Å². The fourth-order valence-electron chi connectivity index (χ4n) is 3.22. The number of allylic oxidation sites excluding steroid dienone is 2. The Bertz CT molecular complexity index is 927. The van der Waals surface area contributed by atoms with Crippen LogP contribution in [0.3, 0.4) is 0 Å². The van der Waals surface area contributed by atoms with E-state index in [4.69, 9.17) is 11.6 Å². The Labute approximate surface area is 150 Å². The van der Waals surface area contributed by atoms with Gasteiger partial charge in [-0.25, -0.2) is 9.50 Å². The monoisotopic (exact) mass is 355 g/mol. The molecule has 0 saturated carbocycles. The number of nitrogens with zero attached hydrogens (tertiary/aromatic N) is 5. The second-order valence-electron chi connectivity index (χ2n) is 6.32. The lowest BCUT2D eigenvalue weighted by atomic mass is 9.97. The Morgan fingerprint density at radius 3 is 2.96 bits per heavy atom. The molecule has 1 atom stereocenters. The maximum absolute atomic E-state index is 12.9. The molecule has 0 aromatic carbocycles. The predicted octanol–water partition coefficient (Wildman–Crippen LogP) is 3.29. The fraction of sp³-hybridized carbons (Fsp3) is 0.333. The first-order valence-corrected chi connectivity index (χ1v) is 8.73. The van der Waals surface area contributed by atoms with Crippen LogP contribution in [-0.4, -0.2) is 44.2 Å². The van der Waals surface area contributed by atoms with Gasteiger partial charge in [0.15, 0.2) is 11.3 Å². The zero-order chi connectivity index (χ0) is 17.4. The van der Waals surface area contributed by atoms with Gasteiger partial charge in [-0.15, -0.1) is 0 Å². The first kappa shape index (κ1) is 16.0. The third kappa shape index (κ3) is 3.09. The van der Waals surface area contributed by atoms with Gasteiger partial charge in [0.25, 0.3) is 5.91 Å². The molecule has 2 aromatic heterocycles. The fourth-order valence-corrected chi connectivity index (χ4v) is 3.36. The highest BCUT2D eigenvalue weighted by molar-refractivity contribution is 6.30. The van der Waals surface area contributed by atoms with Crippen molar-refractivity contribution < 1.29 is 4.79 Å². The second kappa shape index (κ2) is 6.44. The summed E-state index contributed by atoms with van der Waals surface area (Å²) in [6, 6.07) is 1.78. The van der Waals surface area contributed by atoms with E-state index in [0.717, 1.165) is 25.0 Å². The Morgan fingerprint density at radius 2 is 2.20 bits per heavy atom. The molecule has 2 aliphatic rings. The molecule has 4 heterocycles. The van der Waals surface area contributed by atoms with Crippen molar-refractivity contribution in [1.29, 1.82) is 0 Å². The zero-order valence-corrected chi connectivity index (χ0v) is 14.6. The van der Waals surface area contributed by atoms with E-state index in [0.29, 0.717) is 22.9 Å². The van der Waals surface area contributed by atoms with E-state index >= 15 is 0 Å². The van der Waals surface area contributed by atoms with Crippen LogP contribution in [0.15, 0.2) is 46.9 Å². The van der Waals surface area contributed by atoms with Crippen molar-refractivity contribution in [3.8, 4) is 0 Å². The zero-order valence-electron chi connectivity index (χ0n) is 13.9. The SMILES string of the molecule is CC1CC(C2=CCCC=N2)=CCN1C(=O)c1cc2ncc(Cl)cn2n1. The maximum Gasteiger partial charge on any atom is 0.274 e. The summed E-state index contributed by atoms with van der Waals surface area (Å²) in [6.07, 6.45) is 12.3. The van der Waals surface area contributed by atoms with Crippen LogP contribution in [-0.2, 0) is 0 Å². The molecule has 0 spiro atoms. The molecule has 0 radical (unpaired) electrons. The molecule has 7 heteroatoms. The van der Waals surface area contributed by atoms with Crippen molar-refractivity contribution in [1.82, 2.24) is 19.5 Å². The van der Waals surface area contributed by atoms with E-state index in [2.05, 4.69) is 34.2 Å².